The zero-order valence-corrected chi connectivity index (χ0v) is 23.7. The first-order chi connectivity index (χ1) is 17.7. The summed E-state index contributed by atoms with van der Waals surface area (Å²) in [6, 6.07) is 18.9. The van der Waals surface area contributed by atoms with E-state index in [2.05, 4.69) is 36.8 Å². The van der Waals surface area contributed by atoms with E-state index in [9.17, 15) is 9.59 Å². The number of carbonyl (C=O) groups excluding carboxylic acids is 2. The molecule has 10 heteroatoms. The fraction of sp³-hybridized carbons (Fsp3) is 0.185. The molecule has 190 valence electrons. The van der Waals surface area contributed by atoms with Gasteiger partial charge in [0.05, 0.1) is 22.9 Å². The van der Waals surface area contributed by atoms with Crippen molar-refractivity contribution >= 4 is 56.8 Å². The lowest BCUT2D eigenvalue weighted by Crippen LogP contribution is -2.25. The Labute approximate surface area is 233 Å². The second-order valence-corrected chi connectivity index (χ2v) is 10.8. The second kappa shape index (κ2) is 11.9. The van der Waals surface area contributed by atoms with Crippen LogP contribution < -0.4 is 10.6 Å². The smallest absolute Gasteiger partial charge is 0.253 e. The van der Waals surface area contributed by atoms with Crippen LogP contribution in [0.5, 0.6) is 0 Å². The van der Waals surface area contributed by atoms with Gasteiger partial charge >= 0.3 is 0 Å². The number of thioether (sulfide) groups is 1. The number of nitrogens with one attached hydrogen (secondary N) is 2. The van der Waals surface area contributed by atoms with Crippen molar-refractivity contribution in [2.75, 3.05) is 11.1 Å². The molecule has 4 aromatic rings. The van der Waals surface area contributed by atoms with E-state index >= 15 is 0 Å². The fourth-order valence-electron chi connectivity index (χ4n) is 3.65. The van der Waals surface area contributed by atoms with E-state index in [1.165, 1.54) is 11.8 Å². The molecule has 0 aliphatic rings. The molecule has 0 bridgehead atoms. The van der Waals surface area contributed by atoms with Crippen molar-refractivity contribution in [3.63, 3.8) is 0 Å². The highest BCUT2D eigenvalue weighted by molar-refractivity contribution is 9.10. The SMILES string of the molecule is Cc1cccc(-n2c(CNC(=O)c3cc(Br)ccc3Cl)nnc2SCC(=O)Nc2cc(C)ccc2C)c1. The average Bonchev–Trinajstić information content (AvgIpc) is 3.28. The number of halogens is 2. The molecule has 0 radical (unpaired) electrons. The number of benzene rings is 3. The molecule has 4 rings (SSSR count). The highest BCUT2D eigenvalue weighted by Gasteiger charge is 2.18. The minimum absolute atomic E-state index is 0.123. The number of hydrogen-bond acceptors (Lipinski definition) is 5. The number of aryl methyl sites for hydroxylation is 3. The third-order valence-electron chi connectivity index (χ3n) is 5.54. The summed E-state index contributed by atoms with van der Waals surface area (Å²) in [7, 11) is 0. The first-order valence-corrected chi connectivity index (χ1v) is 13.6. The van der Waals surface area contributed by atoms with Crippen LogP contribution in [0.25, 0.3) is 5.69 Å². The zero-order valence-electron chi connectivity index (χ0n) is 20.5. The van der Waals surface area contributed by atoms with Crippen LogP contribution in [0.1, 0.15) is 32.9 Å². The van der Waals surface area contributed by atoms with E-state index in [1.807, 2.05) is 67.8 Å². The monoisotopic (exact) mass is 597 g/mol. The lowest BCUT2D eigenvalue weighted by Gasteiger charge is -2.12. The maximum Gasteiger partial charge on any atom is 0.253 e. The first kappa shape index (κ1) is 26.9. The van der Waals surface area contributed by atoms with Crippen molar-refractivity contribution in [2.45, 2.75) is 32.5 Å². The Kier molecular flexibility index (Phi) is 8.68. The fourth-order valence-corrected chi connectivity index (χ4v) is 4.98. The van der Waals surface area contributed by atoms with E-state index in [0.29, 0.717) is 21.6 Å². The predicted octanol–water partition coefficient (Wildman–Crippen LogP) is 6.27. The van der Waals surface area contributed by atoms with Gasteiger partial charge in [0.15, 0.2) is 11.0 Å². The van der Waals surface area contributed by atoms with Crippen molar-refractivity contribution < 1.29 is 9.59 Å². The summed E-state index contributed by atoms with van der Waals surface area (Å²) in [6.45, 7) is 6.06. The lowest BCUT2D eigenvalue weighted by molar-refractivity contribution is -0.113. The van der Waals surface area contributed by atoms with Gasteiger partial charge in [0.25, 0.3) is 5.91 Å². The number of rotatable bonds is 8. The third kappa shape index (κ3) is 6.80. The largest absolute Gasteiger partial charge is 0.345 e. The Morgan fingerprint density at radius 3 is 2.57 bits per heavy atom. The molecular formula is C27H25BrClN5O2S. The molecule has 0 saturated heterocycles. The zero-order chi connectivity index (χ0) is 26.5. The van der Waals surface area contributed by atoms with Gasteiger partial charge in [0, 0.05) is 15.8 Å². The van der Waals surface area contributed by atoms with Gasteiger partial charge < -0.3 is 10.6 Å². The van der Waals surface area contributed by atoms with Gasteiger partial charge in [0.1, 0.15) is 0 Å². The van der Waals surface area contributed by atoms with Crippen LogP contribution in [-0.2, 0) is 11.3 Å². The van der Waals surface area contributed by atoms with Gasteiger partial charge in [-0.15, -0.1) is 10.2 Å². The number of amides is 2. The molecule has 1 heterocycles. The molecule has 0 aliphatic carbocycles. The molecule has 0 unspecified atom stereocenters. The van der Waals surface area contributed by atoms with Crippen molar-refractivity contribution in [2.24, 2.45) is 0 Å². The lowest BCUT2D eigenvalue weighted by atomic mass is 10.1. The van der Waals surface area contributed by atoms with E-state index in [4.69, 9.17) is 11.6 Å². The minimum atomic E-state index is -0.327. The molecule has 0 atom stereocenters. The van der Waals surface area contributed by atoms with Crippen LogP contribution in [0.3, 0.4) is 0 Å². The van der Waals surface area contributed by atoms with Gasteiger partial charge in [-0.2, -0.15) is 0 Å². The normalized spacial score (nSPS) is 10.8. The van der Waals surface area contributed by atoms with Gasteiger partial charge in [-0.05, 0) is 73.9 Å². The van der Waals surface area contributed by atoms with Crippen LogP contribution >= 0.6 is 39.3 Å². The summed E-state index contributed by atoms with van der Waals surface area (Å²) >= 11 is 10.9. The Morgan fingerprint density at radius 1 is 1.00 bits per heavy atom. The van der Waals surface area contributed by atoms with Gasteiger partial charge in [-0.3, -0.25) is 14.2 Å². The first-order valence-electron chi connectivity index (χ1n) is 11.5. The maximum absolute atomic E-state index is 12.8. The molecule has 0 spiro atoms. The van der Waals surface area contributed by atoms with Gasteiger partial charge in [-0.25, -0.2) is 0 Å². The van der Waals surface area contributed by atoms with Gasteiger partial charge in [0.2, 0.25) is 5.91 Å². The quantitative estimate of drug-likeness (QED) is 0.234. The summed E-state index contributed by atoms with van der Waals surface area (Å²) in [5.41, 5.74) is 5.12. The summed E-state index contributed by atoms with van der Waals surface area (Å²) in [5.74, 6) is 0.212. The van der Waals surface area contributed by atoms with Crippen LogP contribution in [0.4, 0.5) is 5.69 Å². The number of aromatic nitrogens is 3. The number of anilines is 1. The third-order valence-corrected chi connectivity index (χ3v) is 7.29. The second-order valence-electron chi connectivity index (χ2n) is 8.54. The summed E-state index contributed by atoms with van der Waals surface area (Å²) in [4.78, 5) is 25.5. The predicted molar refractivity (Wildman–Crippen MR) is 152 cm³/mol. The van der Waals surface area contributed by atoms with Crippen LogP contribution in [0.2, 0.25) is 5.02 Å². The molecule has 7 nitrogen and oxygen atoms in total. The van der Waals surface area contributed by atoms with E-state index < -0.39 is 0 Å². The number of nitrogens with zero attached hydrogens (tertiary/aromatic N) is 3. The molecular weight excluding hydrogens is 574 g/mol. The Morgan fingerprint density at radius 2 is 1.78 bits per heavy atom. The molecule has 0 fully saturated rings. The van der Waals surface area contributed by atoms with Crippen LogP contribution in [0.15, 0.2) is 70.3 Å². The Balaban J connectivity index is 1.53. The van der Waals surface area contributed by atoms with Crippen molar-refractivity contribution in [1.82, 2.24) is 20.1 Å². The van der Waals surface area contributed by atoms with Crippen molar-refractivity contribution in [3.05, 3.63) is 98.2 Å². The average molecular weight is 599 g/mol. The molecule has 3 aromatic carbocycles. The highest BCUT2D eigenvalue weighted by atomic mass is 79.9. The van der Waals surface area contributed by atoms with E-state index in [0.717, 1.165) is 32.5 Å². The number of carbonyl (C=O) groups is 2. The topological polar surface area (TPSA) is 88.9 Å². The Bertz CT molecular complexity index is 1470. The standard InChI is InChI=1S/C27H25BrClN5O2S/c1-16-5-4-6-20(11-16)34-24(14-30-26(36)21-13-19(28)9-10-22(21)29)32-33-27(34)37-15-25(35)31-23-12-17(2)7-8-18(23)3/h4-13H,14-15H2,1-3H3,(H,30,36)(H,31,35). The molecule has 1 aromatic heterocycles. The molecule has 0 aliphatic heterocycles. The Hall–Kier alpha value is -3.14. The van der Waals surface area contributed by atoms with Crippen LogP contribution in [-0.4, -0.2) is 32.3 Å². The van der Waals surface area contributed by atoms with Crippen molar-refractivity contribution in [1.29, 1.82) is 0 Å². The number of hydrogen-bond donors (Lipinski definition) is 2. The minimum Gasteiger partial charge on any atom is -0.345 e. The highest BCUT2D eigenvalue weighted by Crippen LogP contribution is 2.25. The van der Waals surface area contributed by atoms with Crippen molar-refractivity contribution in [3.8, 4) is 5.69 Å². The molecule has 0 saturated carbocycles. The molecule has 37 heavy (non-hydrogen) atoms. The van der Waals surface area contributed by atoms with Gasteiger partial charge in [-0.1, -0.05) is 63.6 Å². The summed E-state index contributed by atoms with van der Waals surface area (Å²) in [6.07, 6.45) is 0. The maximum atomic E-state index is 12.8. The summed E-state index contributed by atoms with van der Waals surface area (Å²) in [5, 5.41) is 15.4. The van der Waals surface area contributed by atoms with E-state index in [1.54, 1.807) is 18.2 Å². The molecule has 2 N–H and O–H groups in total. The molecule has 2 amide bonds. The van der Waals surface area contributed by atoms with Crippen LogP contribution in [0, 0.1) is 20.8 Å². The summed E-state index contributed by atoms with van der Waals surface area (Å²) < 4.78 is 2.61. The van der Waals surface area contributed by atoms with E-state index in [-0.39, 0.29) is 24.1 Å².